The monoisotopic (exact) mass is 212 g/mol. The summed E-state index contributed by atoms with van der Waals surface area (Å²) in [6.07, 6.45) is 3.09. The molecule has 1 heterocycles. The van der Waals surface area contributed by atoms with E-state index in [-0.39, 0.29) is 6.10 Å². The summed E-state index contributed by atoms with van der Waals surface area (Å²) in [6.45, 7) is 8.96. The highest BCUT2D eigenvalue weighted by atomic mass is 16.6. The van der Waals surface area contributed by atoms with E-state index in [1.807, 2.05) is 6.92 Å². The summed E-state index contributed by atoms with van der Waals surface area (Å²) >= 11 is 0. The Kier molecular flexibility index (Phi) is 4.62. The molecule has 1 N–H and O–H groups in total. The number of oxazole rings is 1. The number of aromatic nitrogens is 1. The highest BCUT2D eigenvalue weighted by molar-refractivity contribution is 4.99. The number of hydrogen-bond donors (Lipinski definition) is 1. The fourth-order valence-corrected chi connectivity index (χ4v) is 0.988. The number of nitrogens with one attached hydrogen (secondary N) is 1. The van der Waals surface area contributed by atoms with Crippen LogP contribution in [0.2, 0.25) is 0 Å². The Morgan fingerprint density at radius 1 is 1.47 bits per heavy atom. The lowest BCUT2D eigenvalue weighted by Gasteiger charge is -2.07. The van der Waals surface area contributed by atoms with E-state index in [1.54, 1.807) is 6.26 Å². The van der Waals surface area contributed by atoms with E-state index >= 15 is 0 Å². The van der Waals surface area contributed by atoms with Gasteiger partial charge in [0.05, 0.1) is 5.69 Å². The molecule has 0 saturated heterocycles. The van der Waals surface area contributed by atoms with Crippen molar-refractivity contribution in [2.75, 3.05) is 0 Å². The third-order valence-electron chi connectivity index (χ3n) is 2.10. The van der Waals surface area contributed by atoms with Crippen LogP contribution < -0.4 is 10.1 Å². The SMILES string of the molecule is CCC(C)Oc1nc(CNC(C)C)co1. The van der Waals surface area contributed by atoms with Gasteiger partial charge in [0.15, 0.2) is 0 Å². The van der Waals surface area contributed by atoms with Crippen molar-refractivity contribution in [3.05, 3.63) is 12.0 Å². The van der Waals surface area contributed by atoms with Gasteiger partial charge in [-0.2, -0.15) is 4.98 Å². The van der Waals surface area contributed by atoms with Crippen LogP contribution in [0.3, 0.4) is 0 Å². The summed E-state index contributed by atoms with van der Waals surface area (Å²) in [5.41, 5.74) is 0.877. The molecule has 1 aromatic heterocycles. The average molecular weight is 212 g/mol. The van der Waals surface area contributed by atoms with Gasteiger partial charge < -0.3 is 14.5 Å². The molecule has 0 aliphatic rings. The Bertz CT molecular complexity index is 284. The molecule has 1 unspecified atom stereocenters. The normalized spacial score (nSPS) is 13.1. The van der Waals surface area contributed by atoms with Gasteiger partial charge in [0.25, 0.3) is 0 Å². The molecule has 0 aliphatic heterocycles. The highest BCUT2D eigenvalue weighted by Gasteiger charge is 2.08. The molecule has 0 aromatic carbocycles. The zero-order valence-electron chi connectivity index (χ0n) is 9.91. The number of nitrogens with zero attached hydrogens (tertiary/aromatic N) is 1. The van der Waals surface area contributed by atoms with Crippen LogP contribution in [0.1, 0.15) is 39.8 Å². The first-order valence-corrected chi connectivity index (χ1v) is 5.46. The van der Waals surface area contributed by atoms with Crippen LogP contribution in [0, 0.1) is 0 Å². The van der Waals surface area contributed by atoms with Crippen molar-refractivity contribution < 1.29 is 9.15 Å². The van der Waals surface area contributed by atoms with Crippen molar-refractivity contribution in [3.63, 3.8) is 0 Å². The predicted octanol–water partition coefficient (Wildman–Crippen LogP) is 2.35. The summed E-state index contributed by atoms with van der Waals surface area (Å²) in [7, 11) is 0. The van der Waals surface area contributed by atoms with E-state index in [4.69, 9.17) is 9.15 Å². The molecule has 1 rings (SSSR count). The first kappa shape index (κ1) is 12.0. The maximum atomic E-state index is 5.45. The molecule has 1 atom stereocenters. The lowest BCUT2D eigenvalue weighted by Crippen LogP contribution is -2.21. The Hall–Kier alpha value is -1.03. The minimum atomic E-state index is 0.148. The first-order chi connectivity index (χ1) is 7.11. The van der Waals surface area contributed by atoms with Crippen molar-refractivity contribution in [2.45, 2.75) is 52.8 Å². The molecule has 0 aliphatic carbocycles. The van der Waals surface area contributed by atoms with Crippen LogP contribution in [0.5, 0.6) is 6.08 Å². The molecule has 0 bridgehead atoms. The van der Waals surface area contributed by atoms with E-state index in [9.17, 15) is 0 Å². The fourth-order valence-electron chi connectivity index (χ4n) is 0.988. The molecule has 0 radical (unpaired) electrons. The molecule has 0 saturated carbocycles. The highest BCUT2D eigenvalue weighted by Crippen LogP contribution is 2.12. The second kappa shape index (κ2) is 5.75. The second-order valence-corrected chi connectivity index (χ2v) is 3.98. The number of hydrogen-bond acceptors (Lipinski definition) is 4. The van der Waals surface area contributed by atoms with Gasteiger partial charge >= 0.3 is 6.08 Å². The van der Waals surface area contributed by atoms with Crippen molar-refractivity contribution in [1.82, 2.24) is 10.3 Å². The third kappa shape index (κ3) is 4.34. The quantitative estimate of drug-likeness (QED) is 0.786. The summed E-state index contributed by atoms with van der Waals surface area (Å²) in [6, 6.07) is 0.445. The van der Waals surface area contributed by atoms with Gasteiger partial charge in [-0.3, -0.25) is 0 Å². The number of ether oxygens (including phenoxy) is 1. The molecule has 4 heteroatoms. The molecule has 4 nitrogen and oxygen atoms in total. The van der Waals surface area contributed by atoms with Crippen molar-refractivity contribution in [1.29, 1.82) is 0 Å². The van der Waals surface area contributed by atoms with E-state index in [1.165, 1.54) is 0 Å². The van der Waals surface area contributed by atoms with Crippen LogP contribution in [0.25, 0.3) is 0 Å². The van der Waals surface area contributed by atoms with Crippen molar-refractivity contribution >= 4 is 0 Å². The number of rotatable bonds is 6. The average Bonchev–Trinajstić information content (AvgIpc) is 2.62. The van der Waals surface area contributed by atoms with Crippen molar-refractivity contribution in [3.8, 4) is 6.08 Å². The second-order valence-electron chi connectivity index (χ2n) is 3.98. The summed E-state index contributed by atoms with van der Waals surface area (Å²) < 4.78 is 10.6. The van der Waals surface area contributed by atoms with Gasteiger partial charge in [-0.25, -0.2) is 0 Å². The third-order valence-corrected chi connectivity index (χ3v) is 2.10. The van der Waals surface area contributed by atoms with Crippen LogP contribution in [-0.2, 0) is 6.54 Å². The Morgan fingerprint density at radius 2 is 2.20 bits per heavy atom. The van der Waals surface area contributed by atoms with Gasteiger partial charge in [-0.1, -0.05) is 20.8 Å². The van der Waals surface area contributed by atoms with Crippen molar-refractivity contribution in [2.24, 2.45) is 0 Å². The van der Waals surface area contributed by atoms with Gasteiger partial charge in [-0.05, 0) is 13.3 Å². The zero-order chi connectivity index (χ0) is 11.3. The zero-order valence-corrected chi connectivity index (χ0v) is 9.91. The Labute approximate surface area is 91.0 Å². The van der Waals surface area contributed by atoms with Crippen LogP contribution in [-0.4, -0.2) is 17.1 Å². The maximum absolute atomic E-state index is 5.45. The molecular formula is C11H20N2O2. The van der Waals surface area contributed by atoms with Gasteiger partial charge in [-0.15, -0.1) is 0 Å². The van der Waals surface area contributed by atoms with E-state index in [0.717, 1.165) is 12.1 Å². The van der Waals surface area contributed by atoms with Gasteiger partial charge in [0.1, 0.15) is 12.4 Å². The largest absolute Gasteiger partial charge is 0.447 e. The lowest BCUT2D eigenvalue weighted by molar-refractivity contribution is 0.158. The fraction of sp³-hybridized carbons (Fsp3) is 0.727. The Morgan fingerprint density at radius 3 is 2.80 bits per heavy atom. The molecule has 0 amide bonds. The topological polar surface area (TPSA) is 47.3 Å². The molecule has 15 heavy (non-hydrogen) atoms. The smallest absolute Gasteiger partial charge is 0.393 e. The lowest BCUT2D eigenvalue weighted by atomic mass is 10.3. The summed E-state index contributed by atoms with van der Waals surface area (Å²) in [5.74, 6) is 0. The summed E-state index contributed by atoms with van der Waals surface area (Å²) in [5, 5.41) is 3.26. The van der Waals surface area contributed by atoms with Gasteiger partial charge in [0.2, 0.25) is 0 Å². The molecule has 0 spiro atoms. The van der Waals surface area contributed by atoms with Crippen LogP contribution in [0.4, 0.5) is 0 Å². The molecular weight excluding hydrogens is 192 g/mol. The first-order valence-electron chi connectivity index (χ1n) is 5.46. The van der Waals surface area contributed by atoms with Gasteiger partial charge in [0, 0.05) is 12.6 Å². The van der Waals surface area contributed by atoms with E-state index in [0.29, 0.717) is 18.7 Å². The minimum absolute atomic E-state index is 0.148. The standard InChI is InChI=1S/C11H20N2O2/c1-5-9(4)15-11-13-10(7-14-11)6-12-8(2)3/h7-9,12H,5-6H2,1-4H3. The predicted molar refractivity (Wildman–Crippen MR) is 58.9 cm³/mol. The molecule has 0 fully saturated rings. The van der Waals surface area contributed by atoms with E-state index < -0.39 is 0 Å². The maximum Gasteiger partial charge on any atom is 0.393 e. The Balaban J connectivity index is 2.42. The molecule has 86 valence electrons. The van der Waals surface area contributed by atoms with E-state index in [2.05, 4.69) is 31.1 Å². The van der Waals surface area contributed by atoms with Crippen LogP contribution >= 0.6 is 0 Å². The van der Waals surface area contributed by atoms with Crippen LogP contribution in [0.15, 0.2) is 10.7 Å². The molecule has 1 aromatic rings. The minimum Gasteiger partial charge on any atom is -0.447 e. The summed E-state index contributed by atoms with van der Waals surface area (Å²) in [4.78, 5) is 4.22.